The lowest BCUT2D eigenvalue weighted by atomic mass is 10.3. The normalized spacial score (nSPS) is 11.2. The molecule has 9 heteroatoms. The van der Waals surface area contributed by atoms with E-state index in [4.69, 9.17) is 0 Å². The molecule has 0 aliphatic heterocycles. The molecule has 0 fully saturated rings. The molecular weight excluding hydrogens is 297 g/mol. The van der Waals surface area contributed by atoms with E-state index in [9.17, 15) is 30.7 Å². The maximum Gasteiger partial charge on any atom is 0.459 e. The van der Waals surface area contributed by atoms with Gasteiger partial charge in [0.05, 0.1) is 6.61 Å². The van der Waals surface area contributed by atoms with Gasteiger partial charge in [0.25, 0.3) is 5.83 Å². The first kappa shape index (κ1) is 16.1. The third-order valence-electron chi connectivity index (χ3n) is 1.97. The third kappa shape index (κ3) is 3.34. The minimum atomic E-state index is -5.13. The zero-order valence-corrected chi connectivity index (χ0v) is 9.82. The van der Waals surface area contributed by atoms with Gasteiger partial charge in [-0.15, -0.1) is 0 Å². The van der Waals surface area contributed by atoms with Gasteiger partial charge in [-0.2, -0.15) is 30.7 Å². The number of benzene rings is 1. The lowest BCUT2D eigenvalue weighted by Crippen LogP contribution is -2.26. The standard InChI is InChI=1S/C11H7F7O2/c1-2-19-5-3-4-6(8(13)7(5)12)20-11(17,18)9(14)10(15)16/h3-4H,2H2,1H3. The zero-order chi connectivity index (χ0) is 15.5. The van der Waals surface area contributed by atoms with Crippen molar-refractivity contribution in [2.75, 3.05) is 6.61 Å². The average molecular weight is 304 g/mol. The van der Waals surface area contributed by atoms with Crippen LogP contribution in [-0.2, 0) is 0 Å². The van der Waals surface area contributed by atoms with Gasteiger partial charge in [-0.3, -0.25) is 0 Å². The molecule has 0 aliphatic carbocycles. The minimum Gasteiger partial charge on any atom is -0.491 e. The Morgan fingerprint density at radius 3 is 2.05 bits per heavy atom. The summed E-state index contributed by atoms with van der Waals surface area (Å²) in [5.41, 5.74) is 0. The van der Waals surface area contributed by atoms with Gasteiger partial charge in [-0.1, -0.05) is 0 Å². The summed E-state index contributed by atoms with van der Waals surface area (Å²) in [6.45, 7) is 1.43. The van der Waals surface area contributed by atoms with Crippen molar-refractivity contribution in [1.82, 2.24) is 0 Å². The van der Waals surface area contributed by atoms with Crippen LogP contribution in [0.25, 0.3) is 0 Å². The largest absolute Gasteiger partial charge is 0.491 e. The van der Waals surface area contributed by atoms with Crippen molar-refractivity contribution in [3.8, 4) is 11.5 Å². The molecule has 0 heterocycles. The van der Waals surface area contributed by atoms with Gasteiger partial charge < -0.3 is 9.47 Å². The summed E-state index contributed by atoms with van der Waals surface area (Å²) in [5, 5.41) is 0. The summed E-state index contributed by atoms with van der Waals surface area (Å²) in [7, 11) is 0. The number of hydrogen-bond donors (Lipinski definition) is 0. The maximum atomic E-state index is 13.3. The highest BCUT2D eigenvalue weighted by molar-refractivity contribution is 5.35. The van der Waals surface area contributed by atoms with Crippen LogP contribution in [0.15, 0.2) is 24.0 Å². The quantitative estimate of drug-likeness (QED) is 0.750. The van der Waals surface area contributed by atoms with Gasteiger partial charge in [-0.05, 0) is 19.1 Å². The number of halogens is 7. The van der Waals surface area contributed by atoms with Crippen LogP contribution in [0.3, 0.4) is 0 Å². The van der Waals surface area contributed by atoms with Gasteiger partial charge >= 0.3 is 12.2 Å². The molecule has 1 rings (SSSR count). The van der Waals surface area contributed by atoms with E-state index in [1.165, 1.54) is 6.92 Å². The van der Waals surface area contributed by atoms with Gasteiger partial charge in [0.1, 0.15) is 0 Å². The number of hydrogen-bond acceptors (Lipinski definition) is 2. The highest BCUT2D eigenvalue weighted by atomic mass is 19.3. The minimum absolute atomic E-state index is 0.0306. The Kier molecular flexibility index (Phi) is 4.85. The van der Waals surface area contributed by atoms with Gasteiger partial charge in [0.15, 0.2) is 11.5 Å². The lowest BCUT2D eigenvalue weighted by Gasteiger charge is -2.16. The van der Waals surface area contributed by atoms with E-state index in [1.807, 2.05) is 0 Å². The topological polar surface area (TPSA) is 18.5 Å². The Balaban J connectivity index is 3.11. The third-order valence-corrected chi connectivity index (χ3v) is 1.97. The molecule has 0 aromatic heterocycles. The molecule has 0 unspecified atom stereocenters. The second-order valence-electron chi connectivity index (χ2n) is 3.32. The van der Waals surface area contributed by atoms with E-state index < -0.39 is 41.1 Å². The molecule has 1 aromatic carbocycles. The summed E-state index contributed by atoms with van der Waals surface area (Å²) >= 11 is 0. The average Bonchev–Trinajstić information content (AvgIpc) is 2.37. The van der Waals surface area contributed by atoms with Crippen LogP contribution in [0.4, 0.5) is 30.7 Å². The fourth-order valence-corrected chi connectivity index (χ4v) is 1.15. The van der Waals surface area contributed by atoms with Gasteiger partial charge in [0, 0.05) is 0 Å². The molecule has 0 amide bonds. The highest BCUT2D eigenvalue weighted by Crippen LogP contribution is 2.35. The molecule has 0 saturated heterocycles. The first-order valence-corrected chi connectivity index (χ1v) is 5.09. The highest BCUT2D eigenvalue weighted by Gasteiger charge is 2.43. The van der Waals surface area contributed by atoms with Gasteiger partial charge in [0.2, 0.25) is 11.6 Å². The van der Waals surface area contributed by atoms with Crippen molar-refractivity contribution < 1.29 is 40.2 Å². The van der Waals surface area contributed by atoms with Crippen molar-refractivity contribution in [3.63, 3.8) is 0 Å². The molecule has 2 nitrogen and oxygen atoms in total. The predicted molar refractivity (Wildman–Crippen MR) is 53.5 cm³/mol. The van der Waals surface area contributed by atoms with Crippen molar-refractivity contribution >= 4 is 0 Å². The molecule has 20 heavy (non-hydrogen) atoms. The predicted octanol–water partition coefficient (Wildman–Crippen LogP) is 4.41. The fourth-order valence-electron chi connectivity index (χ4n) is 1.15. The van der Waals surface area contributed by atoms with E-state index in [1.54, 1.807) is 0 Å². The van der Waals surface area contributed by atoms with E-state index >= 15 is 0 Å². The molecular formula is C11H7F7O2. The van der Waals surface area contributed by atoms with Crippen LogP contribution in [0.1, 0.15) is 6.92 Å². The SMILES string of the molecule is CCOc1ccc(OC(F)(F)C(F)=C(F)F)c(F)c1F. The molecule has 0 aliphatic rings. The van der Waals surface area contributed by atoms with Crippen molar-refractivity contribution in [3.05, 3.63) is 35.7 Å². The second kappa shape index (κ2) is 6.02. The van der Waals surface area contributed by atoms with Crippen LogP contribution in [-0.4, -0.2) is 12.7 Å². The smallest absolute Gasteiger partial charge is 0.459 e. The zero-order valence-electron chi connectivity index (χ0n) is 9.82. The first-order chi connectivity index (χ1) is 9.20. The number of rotatable bonds is 5. The molecule has 0 N–H and O–H groups in total. The van der Waals surface area contributed by atoms with Crippen LogP contribution in [0.2, 0.25) is 0 Å². The van der Waals surface area contributed by atoms with Crippen LogP contribution in [0, 0.1) is 11.6 Å². The summed E-state index contributed by atoms with van der Waals surface area (Å²) in [6, 6.07) is 1.24. The Hall–Kier alpha value is -1.93. The van der Waals surface area contributed by atoms with E-state index in [-0.39, 0.29) is 6.61 Å². The Morgan fingerprint density at radius 2 is 1.55 bits per heavy atom. The Bertz CT molecular complexity index is 524. The van der Waals surface area contributed by atoms with Crippen molar-refractivity contribution in [2.24, 2.45) is 0 Å². The molecule has 0 spiro atoms. The Labute approximate surface area is 108 Å². The first-order valence-electron chi connectivity index (χ1n) is 5.09. The van der Waals surface area contributed by atoms with E-state index in [2.05, 4.69) is 9.47 Å². The summed E-state index contributed by atoms with van der Waals surface area (Å²) in [6.07, 6.45) is -8.46. The fraction of sp³-hybridized carbons (Fsp3) is 0.273. The summed E-state index contributed by atoms with van der Waals surface area (Å²) in [4.78, 5) is 0. The van der Waals surface area contributed by atoms with E-state index in [0.29, 0.717) is 6.07 Å². The summed E-state index contributed by atoms with van der Waals surface area (Å²) in [5.74, 6) is -8.79. The van der Waals surface area contributed by atoms with Crippen LogP contribution < -0.4 is 9.47 Å². The molecule has 0 atom stereocenters. The maximum absolute atomic E-state index is 13.3. The lowest BCUT2D eigenvalue weighted by molar-refractivity contribution is -0.161. The van der Waals surface area contributed by atoms with Crippen LogP contribution in [0.5, 0.6) is 11.5 Å². The van der Waals surface area contributed by atoms with Gasteiger partial charge in [-0.25, -0.2) is 0 Å². The Morgan fingerprint density at radius 1 is 1.05 bits per heavy atom. The van der Waals surface area contributed by atoms with Crippen molar-refractivity contribution in [2.45, 2.75) is 13.0 Å². The number of ether oxygens (including phenoxy) is 2. The second-order valence-corrected chi connectivity index (χ2v) is 3.32. The monoisotopic (exact) mass is 304 g/mol. The summed E-state index contributed by atoms with van der Waals surface area (Å²) < 4.78 is 96.3. The molecule has 0 bridgehead atoms. The van der Waals surface area contributed by atoms with Crippen LogP contribution >= 0.6 is 0 Å². The molecule has 0 saturated carbocycles. The van der Waals surface area contributed by atoms with E-state index in [0.717, 1.165) is 6.07 Å². The number of alkyl halides is 2. The molecule has 1 aromatic rings. The van der Waals surface area contributed by atoms with Crippen molar-refractivity contribution in [1.29, 1.82) is 0 Å². The molecule has 112 valence electrons. The molecule has 0 radical (unpaired) electrons.